The quantitative estimate of drug-likeness (QED) is 0.545. The van der Waals surface area contributed by atoms with Crippen LogP contribution in [0.2, 0.25) is 0 Å². The molecule has 0 unspecified atom stereocenters. The maximum atomic E-state index is 3.78. The zero-order valence-electron chi connectivity index (χ0n) is 3.74. The zero-order valence-corrected chi connectivity index (χ0v) is 5.46. The van der Waals surface area contributed by atoms with Crippen molar-refractivity contribution >= 4 is 40.0 Å². The molecule has 0 spiro atoms. The Bertz CT molecular complexity index is 84.4. The van der Waals surface area contributed by atoms with Crippen molar-refractivity contribution in [2.24, 2.45) is 0 Å². The second kappa shape index (κ2) is 7.40. The van der Waals surface area contributed by atoms with Gasteiger partial charge in [0, 0.05) is 12.4 Å². The number of aromatic nitrogens is 1. The highest BCUT2D eigenvalue weighted by Gasteiger charge is 1.58. The summed E-state index contributed by atoms with van der Waals surface area (Å²) in [6, 6.07) is 5.72. The summed E-state index contributed by atoms with van der Waals surface area (Å²) in [5, 5.41) is 0. The number of halogens is 1. The lowest BCUT2D eigenvalue weighted by atomic mass is 10.5. The standard InChI is InChI=1S/C5H5N.BrH.Mg.2H/c1-2-4-6-5-3-1;;;;/h1-5H;1H;;;. The predicted molar refractivity (Wildman–Crippen MR) is 43.1 cm³/mol. The number of hydrogen-bond acceptors (Lipinski definition) is 1. The molecule has 1 nitrogen and oxygen atoms in total. The van der Waals surface area contributed by atoms with Crippen molar-refractivity contribution in [1.29, 1.82) is 0 Å². The molecule has 1 rings (SSSR count). The normalized spacial score (nSPS) is 6.00. The van der Waals surface area contributed by atoms with Gasteiger partial charge >= 0.3 is 23.1 Å². The summed E-state index contributed by atoms with van der Waals surface area (Å²) in [6.45, 7) is 0. The Morgan fingerprint density at radius 1 is 0.875 bits per heavy atom. The summed E-state index contributed by atoms with van der Waals surface area (Å²) < 4.78 is 0. The molecule has 0 saturated heterocycles. The third kappa shape index (κ3) is 4.55. The van der Waals surface area contributed by atoms with Gasteiger partial charge in [0.2, 0.25) is 0 Å². The molecule has 0 bridgehead atoms. The molecule has 8 heavy (non-hydrogen) atoms. The zero-order chi connectivity index (χ0) is 4.24. The van der Waals surface area contributed by atoms with E-state index in [1.165, 1.54) is 0 Å². The Labute approximate surface area is 75.4 Å². The predicted octanol–water partition coefficient (Wildman–Crippen LogP) is 0.743. The number of pyridine rings is 1. The maximum absolute atomic E-state index is 3.78. The topological polar surface area (TPSA) is 12.9 Å². The Morgan fingerprint density at radius 2 is 1.38 bits per heavy atom. The average molecular weight is 186 g/mol. The van der Waals surface area contributed by atoms with Gasteiger partial charge in [-0.1, -0.05) is 6.07 Å². The first kappa shape index (κ1) is 11.2. The first-order valence-corrected chi connectivity index (χ1v) is 1.85. The van der Waals surface area contributed by atoms with Crippen LogP contribution < -0.4 is 0 Å². The summed E-state index contributed by atoms with van der Waals surface area (Å²) in [4.78, 5) is 3.78. The van der Waals surface area contributed by atoms with Crippen molar-refractivity contribution in [1.82, 2.24) is 4.98 Å². The molecular formula is C5H8BrMgN. The summed E-state index contributed by atoms with van der Waals surface area (Å²) in [6.07, 6.45) is 3.50. The molecule has 1 aromatic rings. The first-order valence-electron chi connectivity index (χ1n) is 1.85. The van der Waals surface area contributed by atoms with E-state index in [4.69, 9.17) is 0 Å². The van der Waals surface area contributed by atoms with Crippen LogP contribution in [0.25, 0.3) is 0 Å². The van der Waals surface area contributed by atoms with Gasteiger partial charge in [-0.25, -0.2) is 0 Å². The molecule has 0 aromatic carbocycles. The second-order valence-corrected chi connectivity index (χ2v) is 1.02. The average Bonchev–Trinajstić information content (AvgIpc) is 1.72. The fourth-order valence-electron chi connectivity index (χ4n) is 0.313. The van der Waals surface area contributed by atoms with E-state index in [1.54, 1.807) is 12.4 Å². The van der Waals surface area contributed by atoms with Crippen LogP contribution in [0.3, 0.4) is 0 Å². The molecule has 1 heterocycles. The van der Waals surface area contributed by atoms with Gasteiger partial charge < -0.3 is 0 Å². The van der Waals surface area contributed by atoms with Crippen LogP contribution in [-0.2, 0) is 0 Å². The van der Waals surface area contributed by atoms with Gasteiger partial charge in [0.25, 0.3) is 0 Å². The highest BCUT2D eigenvalue weighted by Crippen LogP contribution is 1.73. The number of nitrogens with zero attached hydrogens (tertiary/aromatic N) is 1. The third-order valence-electron chi connectivity index (χ3n) is 0.566. The molecule has 0 radical (unpaired) electrons. The highest BCUT2D eigenvalue weighted by molar-refractivity contribution is 8.93. The summed E-state index contributed by atoms with van der Waals surface area (Å²) in [7, 11) is 0. The summed E-state index contributed by atoms with van der Waals surface area (Å²) in [5.74, 6) is 0. The van der Waals surface area contributed by atoms with Crippen molar-refractivity contribution in [3.63, 3.8) is 0 Å². The lowest BCUT2D eigenvalue weighted by Gasteiger charge is -1.70. The molecule has 42 valence electrons. The van der Waals surface area contributed by atoms with Crippen molar-refractivity contribution in [3.05, 3.63) is 30.6 Å². The van der Waals surface area contributed by atoms with E-state index in [0.29, 0.717) is 0 Å². The van der Waals surface area contributed by atoms with Gasteiger partial charge in [0.15, 0.2) is 0 Å². The van der Waals surface area contributed by atoms with Crippen LogP contribution in [0.1, 0.15) is 0 Å². The van der Waals surface area contributed by atoms with Crippen LogP contribution in [0.5, 0.6) is 0 Å². The van der Waals surface area contributed by atoms with E-state index >= 15 is 0 Å². The minimum atomic E-state index is 0. The van der Waals surface area contributed by atoms with E-state index < -0.39 is 0 Å². The SMILES string of the molecule is Br.[MgH2].c1ccncc1. The Hall–Kier alpha value is 0.396. The molecule has 0 amide bonds. The fourth-order valence-corrected chi connectivity index (χ4v) is 0.313. The van der Waals surface area contributed by atoms with Crippen LogP contribution in [0, 0.1) is 0 Å². The molecule has 0 atom stereocenters. The van der Waals surface area contributed by atoms with Gasteiger partial charge in [-0.05, 0) is 12.1 Å². The Morgan fingerprint density at radius 3 is 1.50 bits per heavy atom. The minimum Gasteiger partial charge on any atom is -0.265 e. The fraction of sp³-hybridized carbons (Fsp3) is 0. The third-order valence-corrected chi connectivity index (χ3v) is 0.566. The van der Waals surface area contributed by atoms with Crippen LogP contribution in [-0.4, -0.2) is 28.0 Å². The van der Waals surface area contributed by atoms with Gasteiger partial charge in [-0.3, -0.25) is 4.98 Å². The maximum Gasteiger partial charge on any atom is 0.316 e. The van der Waals surface area contributed by atoms with Crippen molar-refractivity contribution in [2.75, 3.05) is 0 Å². The highest BCUT2D eigenvalue weighted by atomic mass is 79.9. The van der Waals surface area contributed by atoms with E-state index in [1.807, 2.05) is 18.2 Å². The van der Waals surface area contributed by atoms with E-state index in [0.717, 1.165) is 0 Å². The molecule has 0 aliphatic heterocycles. The molecule has 3 heteroatoms. The Balaban J connectivity index is 0. The molecular weight excluding hydrogens is 178 g/mol. The monoisotopic (exact) mass is 185 g/mol. The smallest absolute Gasteiger partial charge is 0.265 e. The molecule has 0 saturated carbocycles. The largest absolute Gasteiger partial charge is 0.316 e. The lowest BCUT2D eigenvalue weighted by Crippen LogP contribution is -1.58. The van der Waals surface area contributed by atoms with Crippen molar-refractivity contribution in [2.45, 2.75) is 0 Å². The summed E-state index contributed by atoms with van der Waals surface area (Å²) in [5.41, 5.74) is 0. The molecule has 1 aromatic heterocycles. The second-order valence-electron chi connectivity index (χ2n) is 1.02. The van der Waals surface area contributed by atoms with Crippen LogP contribution in [0.15, 0.2) is 30.6 Å². The van der Waals surface area contributed by atoms with E-state index in [9.17, 15) is 0 Å². The summed E-state index contributed by atoms with van der Waals surface area (Å²) >= 11 is 0. The Kier molecular flexibility index (Phi) is 10.4. The van der Waals surface area contributed by atoms with Gasteiger partial charge in [-0.15, -0.1) is 17.0 Å². The van der Waals surface area contributed by atoms with E-state index in [2.05, 4.69) is 4.98 Å². The minimum absolute atomic E-state index is 0. The molecule has 0 aliphatic rings. The number of rotatable bonds is 0. The van der Waals surface area contributed by atoms with Gasteiger partial charge in [0.1, 0.15) is 0 Å². The lowest BCUT2D eigenvalue weighted by molar-refractivity contribution is 1.33. The number of hydrogen-bond donors (Lipinski definition) is 0. The molecule has 0 N–H and O–H groups in total. The first-order chi connectivity index (χ1) is 3.00. The van der Waals surface area contributed by atoms with Gasteiger partial charge in [-0.2, -0.15) is 0 Å². The molecule has 0 fully saturated rings. The van der Waals surface area contributed by atoms with Crippen LogP contribution >= 0.6 is 17.0 Å². The molecule has 0 aliphatic carbocycles. The van der Waals surface area contributed by atoms with Crippen molar-refractivity contribution in [3.8, 4) is 0 Å². The van der Waals surface area contributed by atoms with Crippen LogP contribution in [0.4, 0.5) is 0 Å². The van der Waals surface area contributed by atoms with Gasteiger partial charge in [0.05, 0.1) is 0 Å². The van der Waals surface area contributed by atoms with Crippen molar-refractivity contribution < 1.29 is 0 Å². The van der Waals surface area contributed by atoms with E-state index in [-0.39, 0.29) is 40.0 Å².